The van der Waals surface area contributed by atoms with Gasteiger partial charge in [-0.1, -0.05) is 12.1 Å². The summed E-state index contributed by atoms with van der Waals surface area (Å²) in [5, 5.41) is 20.2. The number of aromatic nitrogens is 1. The van der Waals surface area contributed by atoms with Gasteiger partial charge in [-0.25, -0.2) is 4.98 Å². The molecule has 0 bridgehead atoms. The largest absolute Gasteiger partial charge is 0.488 e. The molecule has 0 aliphatic heterocycles. The summed E-state index contributed by atoms with van der Waals surface area (Å²) >= 11 is 0. The van der Waals surface area contributed by atoms with Crippen molar-refractivity contribution in [2.45, 2.75) is 6.18 Å². The van der Waals surface area contributed by atoms with Gasteiger partial charge >= 0.3 is 13.3 Å². The molecule has 2 rings (SSSR count). The van der Waals surface area contributed by atoms with Gasteiger partial charge < -0.3 is 15.4 Å². The molecule has 2 aromatic rings. The second kappa shape index (κ2) is 6.16. The minimum atomic E-state index is -4.49. The average molecular weight is 310 g/mol. The molecular formula is C13H10BF3N2O3. The lowest BCUT2D eigenvalue weighted by molar-refractivity contribution is -0.137. The molecule has 5 nitrogen and oxygen atoms in total. The number of anilines is 1. The van der Waals surface area contributed by atoms with Crippen molar-refractivity contribution in [3.05, 3.63) is 53.7 Å². The van der Waals surface area contributed by atoms with Crippen LogP contribution >= 0.6 is 0 Å². The lowest BCUT2D eigenvalue weighted by atomic mass is 9.80. The van der Waals surface area contributed by atoms with Crippen LogP contribution in [-0.4, -0.2) is 28.1 Å². The summed E-state index contributed by atoms with van der Waals surface area (Å²) < 4.78 is 37.1. The van der Waals surface area contributed by atoms with Crippen LogP contribution in [0.3, 0.4) is 0 Å². The number of pyridine rings is 1. The second-order valence-electron chi connectivity index (χ2n) is 4.38. The van der Waals surface area contributed by atoms with Crippen LogP contribution in [0.15, 0.2) is 42.6 Å². The van der Waals surface area contributed by atoms with E-state index in [0.29, 0.717) is 6.20 Å². The molecule has 0 radical (unpaired) electrons. The topological polar surface area (TPSA) is 82.5 Å². The van der Waals surface area contributed by atoms with Crippen molar-refractivity contribution >= 4 is 24.3 Å². The molecule has 0 unspecified atom stereocenters. The number of hydrogen-bond acceptors (Lipinski definition) is 4. The number of carbonyl (C=O) groups excluding carboxylic acids is 1. The third-order valence-electron chi connectivity index (χ3n) is 2.80. The minimum absolute atomic E-state index is 0.0238. The molecule has 3 N–H and O–H groups in total. The van der Waals surface area contributed by atoms with Gasteiger partial charge in [-0.2, -0.15) is 13.2 Å². The highest BCUT2D eigenvalue weighted by Crippen LogP contribution is 2.28. The summed E-state index contributed by atoms with van der Waals surface area (Å²) in [4.78, 5) is 15.4. The van der Waals surface area contributed by atoms with Crippen molar-refractivity contribution in [2.24, 2.45) is 0 Å². The van der Waals surface area contributed by atoms with E-state index in [4.69, 9.17) is 10.0 Å². The van der Waals surface area contributed by atoms with Crippen LogP contribution < -0.4 is 10.8 Å². The number of nitrogens with one attached hydrogen (secondary N) is 1. The van der Waals surface area contributed by atoms with Crippen LogP contribution in [-0.2, 0) is 6.18 Å². The first-order valence-electron chi connectivity index (χ1n) is 6.08. The van der Waals surface area contributed by atoms with E-state index >= 15 is 0 Å². The van der Waals surface area contributed by atoms with E-state index in [9.17, 15) is 18.0 Å². The molecule has 0 aliphatic rings. The highest BCUT2D eigenvalue weighted by Gasteiger charge is 2.30. The Morgan fingerprint density at radius 2 is 1.73 bits per heavy atom. The third-order valence-corrected chi connectivity index (χ3v) is 2.80. The number of benzene rings is 1. The molecule has 9 heteroatoms. The Kier molecular flexibility index (Phi) is 4.48. The number of nitrogens with zero attached hydrogens (tertiary/aromatic N) is 1. The Labute approximate surface area is 123 Å². The number of rotatable bonds is 3. The number of carbonyl (C=O) groups is 1. The van der Waals surface area contributed by atoms with Crippen molar-refractivity contribution in [3.63, 3.8) is 0 Å². The van der Waals surface area contributed by atoms with E-state index in [1.165, 1.54) is 24.3 Å². The third kappa shape index (κ3) is 3.83. The van der Waals surface area contributed by atoms with E-state index in [1.807, 2.05) is 0 Å². The van der Waals surface area contributed by atoms with E-state index < -0.39 is 24.8 Å². The van der Waals surface area contributed by atoms with E-state index in [-0.39, 0.29) is 16.8 Å². The molecule has 1 aromatic carbocycles. The predicted octanol–water partition coefficient (Wildman–Crippen LogP) is 1.03. The molecule has 1 heterocycles. The second-order valence-corrected chi connectivity index (χ2v) is 4.38. The molecule has 1 aromatic heterocycles. The maximum Gasteiger partial charge on any atom is 0.488 e. The van der Waals surface area contributed by atoms with Crippen molar-refractivity contribution in [1.29, 1.82) is 0 Å². The van der Waals surface area contributed by atoms with Crippen LogP contribution in [0.4, 0.5) is 19.0 Å². The molecule has 0 spiro atoms. The lowest BCUT2D eigenvalue weighted by Crippen LogP contribution is -2.29. The Bertz CT molecular complexity index is 658. The van der Waals surface area contributed by atoms with E-state index in [2.05, 4.69) is 10.3 Å². The smallest absolute Gasteiger partial charge is 0.423 e. The van der Waals surface area contributed by atoms with Gasteiger partial charge in [-0.3, -0.25) is 4.79 Å². The van der Waals surface area contributed by atoms with Crippen molar-refractivity contribution in [1.82, 2.24) is 4.98 Å². The number of halogens is 3. The summed E-state index contributed by atoms with van der Waals surface area (Å²) in [5.74, 6) is -0.601. The van der Waals surface area contributed by atoms with Gasteiger partial charge in [0, 0.05) is 11.8 Å². The maximum atomic E-state index is 12.4. The molecule has 0 saturated heterocycles. The Hall–Kier alpha value is -2.39. The van der Waals surface area contributed by atoms with E-state index in [1.54, 1.807) is 0 Å². The molecule has 1 amide bonds. The van der Waals surface area contributed by atoms with Crippen molar-refractivity contribution in [2.75, 3.05) is 5.32 Å². The zero-order valence-corrected chi connectivity index (χ0v) is 11.0. The summed E-state index contributed by atoms with van der Waals surface area (Å²) in [6.07, 6.45) is -3.86. The average Bonchev–Trinajstić information content (AvgIpc) is 2.47. The van der Waals surface area contributed by atoms with Gasteiger partial charge in [0.2, 0.25) is 0 Å². The molecule has 0 aliphatic carbocycles. The lowest BCUT2D eigenvalue weighted by Gasteiger charge is -2.08. The SMILES string of the molecule is O=C(Nc1ccc(C(F)(F)F)cn1)c1ccc(B(O)O)cc1. The Morgan fingerprint density at radius 3 is 2.18 bits per heavy atom. The van der Waals surface area contributed by atoms with Crippen molar-refractivity contribution < 1.29 is 28.0 Å². The molecule has 0 atom stereocenters. The summed E-state index contributed by atoms with van der Waals surface area (Å²) in [5.41, 5.74) is -0.498. The summed E-state index contributed by atoms with van der Waals surface area (Å²) in [6.45, 7) is 0. The Balaban J connectivity index is 2.08. The van der Waals surface area contributed by atoms with Crippen LogP contribution in [0.5, 0.6) is 0 Å². The molecule has 0 saturated carbocycles. The molecule has 22 heavy (non-hydrogen) atoms. The van der Waals surface area contributed by atoms with Crippen LogP contribution in [0.25, 0.3) is 0 Å². The highest BCUT2D eigenvalue weighted by molar-refractivity contribution is 6.58. The first kappa shape index (κ1) is 16.0. The first-order valence-corrected chi connectivity index (χ1v) is 6.08. The summed E-state index contributed by atoms with van der Waals surface area (Å²) in [7, 11) is -1.64. The number of hydrogen-bond donors (Lipinski definition) is 3. The zero-order chi connectivity index (χ0) is 16.3. The maximum absolute atomic E-state index is 12.4. The number of amides is 1. The van der Waals surface area contributed by atoms with Crippen molar-refractivity contribution in [3.8, 4) is 0 Å². The zero-order valence-electron chi connectivity index (χ0n) is 11.0. The quantitative estimate of drug-likeness (QED) is 0.740. The minimum Gasteiger partial charge on any atom is -0.423 e. The normalized spacial score (nSPS) is 11.1. The molecule has 0 fully saturated rings. The number of alkyl halides is 3. The summed E-state index contributed by atoms with van der Waals surface area (Å²) in [6, 6.07) is 7.27. The first-order chi connectivity index (χ1) is 10.3. The Morgan fingerprint density at radius 1 is 1.09 bits per heavy atom. The standard InChI is InChI=1S/C13H10BF3N2O3/c15-13(16,17)9-3-6-11(18-7-9)19-12(20)8-1-4-10(5-2-8)14(21)22/h1-7,21-22H,(H,18,19,20). The van der Waals surface area contributed by atoms with Crippen LogP contribution in [0.1, 0.15) is 15.9 Å². The van der Waals surface area contributed by atoms with Gasteiger partial charge in [0.05, 0.1) is 5.56 Å². The predicted molar refractivity (Wildman–Crippen MR) is 73.5 cm³/mol. The molecule has 114 valence electrons. The van der Waals surface area contributed by atoms with Gasteiger partial charge in [0.25, 0.3) is 5.91 Å². The van der Waals surface area contributed by atoms with Crippen LogP contribution in [0.2, 0.25) is 0 Å². The van der Waals surface area contributed by atoms with Gasteiger partial charge in [-0.05, 0) is 29.7 Å². The highest BCUT2D eigenvalue weighted by atomic mass is 19.4. The van der Waals surface area contributed by atoms with Gasteiger partial charge in [-0.15, -0.1) is 0 Å². The molecular weight excluding hydrogens is 300 g/mol. The fourth-order valence-corrected chi connectivity index (χ4v) is 1.63. The van der Waals surface area contributed by atoms with E-state index in [0.717, 1.165) is 12.1 Å². The fourth-order valence-electron chi connectivity index (χ4n) is 1.63. The van der Waals surface area contributed by atoms with Gasteiger partial charge in [0.15, 0.2) is 0 Å². The monoisotopic (exact) mass is 310 g/mol. The fraction of sp³-hybridized carbons (Fsp3) is 0.0769. The van der Waals surface area contributed by atoms with Crippen LogP contribution in [0, 0.1) is 0 Å². The van der Waals surface area contributed by atoms with Gasteiger partial charge in [0.1, 0.15) is 5.82 Å².